The van der Waals surface area contributed by atoms with Crippen LogP contribution in [-0.2, 0) is 9.47 Å². The molecular formula is C15H26O2. The number of hydrogen-bond donors (Lipinski definition) is 0. The van der Waals surface area contributed by atoms with E-state index in [4.69, 9.17) is 9.47 Å². The standard InChI is InChI=1S/C15H26O2/c1-12(2)14-6-3-5-13(11-14)7-8-15-16-9-4-10-17-15/h5,12,14-15H,3-4,6-11H2,1-2H3. The highest BCUT2D eigenvalue weighted by Gasteiger charge is 2.20. The molecule has 1 aliphatic heterocycles. The van der Waals surface area contributed by atoms with Crippen molar-refractivity contribution in [3.05, 3.63) is 11.6 Å². The normalized spacial score (nSPS) is 27.2. The van der Waals surface area contributed by atoms with Crippen LogP contribution in [0.3, 0.4) is 0 Å². The highest BCUT2D eigenvalue weighted by Crippen LogP contribution is 2.32. The van der Waals surface area contributed by atoms with Crippen LogP contribution in [-0.4, -0.2) is 19.5 Å². The largest absolute Gasteiger partial charge is 0.353 e. The van der Waals surface area contributed by atoms with Crippen LogP contribution >= 0.6 is 0 Å². The Hall–Kier alpha value is -0.340. The lowest BCUT2D eigenvalue weighted by Gasteiger charge is -2.28. The maximum Gasteiger partial charge on any atom is 0.157 e. The van der Waals surface area contributed by atoms with Gasteiger partial charge >= 0.3 is 0 Å². The van der Waals surface area contributed by atoms with E-state index >= 15 is 0 Å². The lowest BCUT2D eigenvalue weighted by Crippen LogP contribution is -2.25. The van der Waals surface area contributed by atoms with Crippen molar-refractivity contribution in [1.29, 1.82) is 0 Å². The molecule has 0 saturated carbocycles. The second-order valence-corrected chi connectivity index (χ2v) is 5.71. The van der Waals surface area contributed by atoms with Gasteiger partial charge in [0.15, 0.2) is 6.29 Å². The van der Waals surface area contributed by atoms with Crippen molar-refractivity contribution in [2.45, 2.75) is 58.7 Å². The van der Waals surface area contributed by atoms with Gasteiger partial charge in [-0.3, -0.25) is 0 Å². The fourth-order valence-corrected chi connectivity index (χ4v) is 2.80. The molecule has 0 spiro atoms. The number of hydrogen-bond acceptors (Lipinski definition) is 2. The molecule has 0 radical (unpaired) electrons. The van der Waals surface area contributed by atoms with E-state index in [9.17, 15) is 0 Å². The van der Waals surface area contributed by atoms with Crippen molar-refractivity contribution in [3.63, 3.8) is 0 Å². The van der Waals surface area contributed by atoms with Gasteiger partial charge in [0.1, 0.15) is 0 Å². The van der Waals surface area contributed by atoms with Gasteiger partial charge in [-0.25, -0.2) is 0 Å². The quantitative estimate of drug-likeness (QED) is 0.691. The van der Waals surface area contributed by atoms with Crippen LogP contribution in [0.25, 0.3) is 0 Å². The van der Waals surface area contributed by atoms with E-state index in [0.717, 1.165) is 44.3 Å². The van der Waals surface area contributed by atoms with E-state index in [2.05, 4.69) is 19.9 Å². The van der Waals surface area contributed by atoms with Crippen molar-refractivity contribution in [2.24, 2.45) is 11.8 Å². The summed E-state index contributed by atoms with van der Waals surface area (Å²) in [6.07, 6.45) is 9.69. The first kappa shape index (κ1) is 13.1. The monoisotopic (exact) mass is 238 g/mol. The molecule has 2 rings (SSSR count). The Morgan fingerprint density at radius 3 is 2.76 bits per heavy atom. The molecule has 1 aliphatic carbocycles. The topological polar surface area (TPSA) is 18.5 Å². The zero-order valence-corrected chi connectivity index (χ0v) is 11.3. The van der Waals surface area contributed by atoms with Crippen LogP contribution in [0.1, 0.15) is 52.4 Å². The summed E-state index contributed by atoms with van der Waals surface area (Å²) in [5.41, 5.74) is 1.63. The second kappa shape index (κ2) is 6.55. The maximum atomic E-state index is 5.59. The third kappa shape index (κ3) is 4.11. The van der Waals surface area contributed by atoms with Gasteiger partial charge in [-0.15, -0.1) is 0 Å². The Bertz CT molecular complexity index is 252. The number of rotatable bonds is 4. The molecular weight excluding hydrogens is 212 g/mol. The van der Waals surface area contributed by atoms with Crippen LogP contribution < -0.4 is 0 Å². The molecule has 1 atom stereocenters. The minimum Gasteiger partial charge on any atom is -0.353 e. The molecule has 1 heterocycles. The molecule has 98 valence electrons. The Labute approximate surface area is 105 Å². The minimum atomic E-state index is 0.0593. The van der Waals surface area contributed by atoms with Crippen LogP contribution in [0.4, 0.5) is 0 Å². The first-order chi connectivity index (χ1) is 8.25. The van der Waals surface area contributed by atoms with Crippen LogP contribution in [0.2, 0.25) is 0 Å². The zero-order valence-electron chi connectivity index (χ0n) is 11.3. The molecule has 0 aromatic carbocycles. The molecule has 17 heavy (non-hydrogen) atoms. The van der Waals surface area contributed by atoms with Gasteiger partial charge in [0.05, 0.1) is 13.2 Å². The van der Waals surface area contributed by atoms with Crippen molar-refractivity contribution in [1.82, 2.24) is 0 Å². The molecule has 0 bridgehead atoms. The van der Waals surface area contributed by atoms with Gasteiger partial charge in [0.25, 0.3) is 0 Å². The molecule has 1 saturated heterocycles. The molecule has 0 N–H and O–H groups in total. The third-order valence-electron chi connectivity index (χ3n) is 4.03. The molecule has 2 aliphatic rings. The van der Waals surface area contributed by atoms with E-state index < -0.39 is 0 Å². The Balaban J connectivity index is 1.73. The van der Waals surface area contributed by atoms with Gasteiger partial charge in [-0.05, 0) is 43.9 Å². The van der Waals surface area contributed by atoms with Crippen LogP contribution in [0.5, 0.6) is 0 Å². The van der Waals surface area contributed by atoms with Gasteiger partial charge in [-0.2, -0.15) is 0 Å². The molecule has 0 aromatic heterocycles. The third-order valence-corrected chi connectivity index (χ3v) is 4.03. The Morgan fingerprint density at radius 1 is 1.29 bits per heavy atom. The average molecular weight is 238 g/mol. The SMILES string of the molecule is CC(C)C1CCC=C(CCC2OCCCO2)C1. The summed E-state index contributed by atoms with van der Waals surface area (Å²) in [4.78, 5) is 0. The van der Waals surface area contributed by atoms with Gasteiger partial charge in [0.2, 0.25) is 0 Å². The van der Waals surface area contributed by atoms with Crippen molar-refractivity contribution < 1.29 is 9.47 Å². The van der Waals surface area contributed by atoms with Crippen LogP contribution in [0.15, 0.2) is 11.6 Å². The minimum absolute atomic E-state index is 0.0593. The van der Waals surface area contributed by atoms with Crippen molar-refractivity contribution in [2.75, 3.05) is 13.2 Å². The summed E-state index contributed by atoms with van der Waals surface area (Å²) in [6.45, 7) is 6.44. The highest BCUT2D eigenvalue weighted by molar-refractivity contribution is 5.07. The second-order valence-electron chi connectivity index (χ2n) is 5.71. The summed E-state index contributed by atoms with van der Waals surface area (Å²) in [5.74, 6) is 1.71. The van der Waals surface area contributed by atoms with Gasteiger partial charge in [0, 0.05) is 6.42 Å². The lowest BCUT2D eigenvalue weighted by atomic mass is 9.80. The smallest absolute Gasteiger partial charge is 0.157 e. The molecule has 1 fully saturated rings. The Kier molecular flexibility index (Phi) is 5.05. The molecule has 0 amide bonds. The first-order valence-electron chi connectivity index (χ1n) is 7.17. The van der Waals surface area contributed by atoms with Gasteiger partial charge in [-0.1, -0.05) is 25.5 Å². The van der Waals surface area contributed by atoms with E-state index in [1.54, 1.807) is 5.57 Å². The maximum absolute atomic E-state index is 5.59. The van der Waals surface area contributed by atoms with Crippen molar-refractivity contribution >= 4 is 0 Å². The zero-order chi connectivity index (χ0) is 12.1. The molecule has 2 nitrogen and oxygen atoms in total. The number of allylic oxidation sites excluding steroid dienone is 2. The first-order valence-corrected chi connectivity index (χ1v) is 7.17. The van der Waals surface area contributed by atoms with E-state index in [0.29, 0.717) is 0 Å². The fourth-order valence-electron chi connectivity index (χ4n) is 2.80. The molecule has 0 aromatic rings. The fraction of sp³-hybridized carbons (Fsp3) is 0.867. The summed E-state index contributed by atoms with van der Waals surface area (Å²) < 4.78 is 11.2. The lowest BCUT2D eigenvalue weighted by molar-refractivity contribution is -0.180. The average Bonchev–Trinajstić information content (AvgIpc) is 2.38. The molecule has 2 heteroatoms. The number of ether oxygens (including phenoxy) is 2. The Morgan fingerprint density at radius 2 is 2.06 bits per heavy atom. The highest BCUT2D eigenvalue weighted by atomic mass is 16.7. The van der Waals surface area contributed by atoms with Crippen molar-refractivity contribution in [3.8, 4) is 0 Å². The van der Waals surface area contributed by atoms with E-state index in [-0.39, 0.29) is 6.29 Å². The summed E-state index contributed by atoms with van der Waals surface area (Å²) in [5, 5.41) is 0. The summed E-state index contributed by atoms with van der Waals surface area (Å²) in [6, 6.07) is 0. The van der Waals surface area contributed by atoms with E-state index in [1.807, 2.05) is 0 Å². The predicted molar refractivity (Wildman–Crippen MR) is 69.8 cm³/mol. The predicted octanol–water partition coefficient (Wildman–Crippen LogP) is 3.91. The molecule has 1 unspecified atom stereocenters. The van der Waals surface area contributed by atoms with Gasteiger partial charge < -0.3 is 9.47 Å². The van der Waals surface area contributed by atoms with E-state index in [1.165, 1.54) is 19.3 Å². The summed E-state index contributed by atoms with van der Waals surface area (Å²) >= 11 is 0. The van der Waals surface area contributed by atoms with Crippen LogP contribution in [0, 0.1) is 11.8 Å². The summed E-state index contributed by atoms with van der Waals surface area (Å²) in [7, 11) is 0.